The zero-order chi connectivity index (χ0) is 8.95. The van der Waals surface area contributed by atoms with E-state index in [9.17, 15) is 0 Å². The molecule has 11 heavy (non-hydrogen) atoms. The topological polar surface area (TPSA) is 36.1 Å². The molecular weight excluding hydrogens is 138 g/mol. The van der Waals surface area contributed by atoms with E-state index in [-0.39, 0.29) is 0 Å². The first-order chi connectivity index (χ1) is 5.41. The van der Waals surface area contributed by atoms with E-state index in [2.05, 4.69) is 16.0 Å². The normalized spacial score (nSPS) is 8.73. The number of likely N-dealkylation sites (N-methyl/N-ethyl adjacent to an activating group) is 2. The third kappa shape index (κ3) is 17.7. The fourth-order valence-electron chi connectivity index (χ4n) is 0.552. The second-order valence-corrected chi connectivity index (χ2v) is 1.96. The molecule has 0 aromatic carbocycles. The van der Waals surface area contributed by atoms with E-state index < -0.39 is 0 Å². The van der Waals surface area contributed by atoms with Crippen LogP contribution in [0.25, 0.3) is 0 Å². The fourth-order valence-corrected chi connectivity index (χ4v) is 0.552. The van der Waals surface area contributed by atoms with Crippen molar-refractivity contribution in [1.29, 1.82) is 0 Å². The summed E-state index contributed by atoms with van der Waals surface area (Å²) < 4.78 is 0. The molecule has 0 unspecified atom stereocenters. The third-order valence-electron chi connectivity index (χ3n) is 1.10. The van der Waals surface area contributed by atoms with Gasteiger partial charge in [-0.05, 0) is 14.1 Å². The molecule has 0 radical (unpaired) electrons. The van der Waals surface area contributed by atoms with Crippen molar-refractivity contribution in [3.05, 3.63) is 0 Å². The van der Waals surface area contributed by atoms with Crippen LogP contribution in [0.4, 0.5) is 0 Å². The van der Waals surface area contributed by atoms with Crippen LogP contribution in [0.2, 0.25) is 0 Å². The second kappa shape index (κ2) is 16.5. The summed E-state index contributed by atoms with van der Waals surface area (Å²) in [5, 5.41) is 9.39. The van der Waals surface area contributed by atoms with Gasteiger partial charge in [-0.15, -0.1) is 0 Å². The molecule has 70 valence electrons. The molecule has 0 amide bonds. The summed E-state index contributed by atoms with van der Waals surface area (Å²) in [5.41, 5.74) is 0. The van der Waals surface area contributed by atoms with Gasteiger partial charge in [0, 0.05) is 26.2 Å². The zero-order valence-electron chi connectivity index (χ0n) is 8.33. The Bertz CT molecular complexity index is 42.6. The molecule has 0 aromatic heterocycles. The van der Waals surface area contributed by atoms with Crippen molar-refractivity contribution in [3.8, 4) is 0 Å². The maximum Gasteiger partial charge on any atom is 0.00771 e. The predicted molar refractivity (Wildman–Crippen MR) is 52.1 cm³/mol. The summed E-state index contributed by atoms with van der Waals surface area (Å²) in [4.78, 5) is 0. The van der Waals surface area contributed by atoms with Gasteiger partial charge < -0.3 is 16.0 Å². The maximum absolute atomic E-state index is 3.26. The molecule has 3 nitrogen and oxygen atoms in total. The molecule has 0 fully saturated rings. The quantitative estimate of drug-likeness (QED) is 0.481. The van der Waals surface area contributed by atoms with Crippen LogP contribution in [0.5, 0.6) is 0 Å². The third-order valence-corrected chi connectivity index (χ3v) is 1.10. The van der Waals surface area contributed by atoms with Crippen molar-refractivity contribution in [1.82, 2.24) is 16.0 Å². The molecule has 0 aliphatic heterocycles. The lowest BCUT2D eigenvalue weighted by Crippen LogP contribution is -2.30. The van der Waals surface area contributed by atoms with Crippen molar-refractivity contribution in [2.45, 2.75) is 13.8 Å². The van der Waals surface area contributed by atoms with Crippen LogP contribution < -0.4 is 16.0 Å². The Hall–Kier alpha value is -0.120. The highest BCUT2D eigenvalue weighted by atomic mass is 14.9. The highest BCUT2D eigenvalue weighted by Gasteiger charge is 1.81. The molecule has 0 saturated heterocycles. The SMILES string of the molecule is CC.CNCCNCCNC. The Balaban J connectivity index is 0. The van der Waals surface area contributed by atoms with Gasteiger partial charge in [-0.1, -0.05) is 13.8 Å². The Morgan fingerprint density at radius 2 is 1.09 bits per heavy atom. The highest BCUT2D eigenvalue weighted by molar-refractivity contribution is 4.49. The number of hydrogen-bond acceptors (Lipinski definition) is 3. The molecule has 0 aliphatic rings. The first-order valence-corrected chi connectivity index (χ1v) is 4.41. The number of hydrogen-bond donors (Lipinski definition) is 3. The van der Waals surface area contributed by atoms with Crippen LogP contribution in [-0.4, -0.2) is 40.3 Å². The average Bonchev–Trinajstić information content (AvgIpc) is 2.08. The maximum atomic E-state index is 3.26. The second-order valence-electron chi connectivity index (χ2n) is 1.96. The molecule has 0 rings (SSSR count). The summed E-state index contributed by atoms with van der Waals surface area (Å²) in [6, 6.07) is 0. The van der Waals surface area contributed by atoms with Crippen LogP contribution in [0.3, 0.4) is 0 Å². The summed E-state index contributed by atoms with van der Waals surface area (Å²) in [6.45, 7) is 8.20. The van der Waals surface area contributed by atoms with Gasteiger partial charge in [0.2, 0.25) is 0 Å². The lowest BCUT2D eigenvalue weighted by atomic mass is 10.5. The van der Waals surface area contributed by atoms with Crippen molar-refractivity contribution < 1.29 is 0 Å². The Kier molecular flexibility index (Phi) is 20.2. The van der Waals surface area contributed by atoms with E-state index in [0.29, 0.717) is 0 Å². The Morgan fingerprint density at radius 3 is 1.36 bits per heavy atom. The summed E-state index contributed by atoms with van der Waals surface area (Å²) >= 11 is 0. The van der Waals surface area contributed by atoms with Crippen molar-refractivity contribution in [2.24, 2.45) is 0 Å². The standard InChI is InChI=1S/C6H17N3.C2H6/c1-7-3-5-9-6-4-8-2;1-2/h7-9H,3-6H2,1-2H3;1-2H3. The summed E-state index contributed by atoms with van der Waals surface area (Å²) in [6.07, 6.45) is 0. The van der Waals surface area contributed by atoms with Crippen molar-refractivity contribution >= 4 is 0 Å². The highest BCUT2D eigenvalue weighted by Crippen LogP contribution is 1.55. The predicted octanol–water partition coefficient (Wildman–Crippen LogP) is 0.0410. The van der Waals surface area contributed by atoms with Crippen LogP contribution >= 0.6 is 0 Å². The molecule has 3 N–H and O–H groups in total. The molecule has 0 aromatic rings. The van der Waals surface area contributed by atoms with Gasteiger partial charge in [0.1, 0.15) is 0 Å². The van der Waals surface area contributed by atoms with E-state index in [1.807, 2.05) is 27.9 Å². The van der Waals surface area contributed by atoms with Gasteiger partial charge in [-0.25, -0.2) is 0 Å². The number of rotatable bonds is 6. The molecule has 0 aliphatic carbocycles. The van der Waals surface area contributed by atoms with E-state index >= 15 is 0 Å². The van der Waals surface area contributed by atoms with E-state index in [1.165, 1.54) is 0 Å². The Morgan fingerprint density at radius 1 is 0.727 bits per heavy atom. The van der Waals surface area contributed by atoms with Gasteiger partial charge in [0.25, 0.3) is 0 Å². The van der Waals surface area contributed by atoms with E-state index in [1.54, 1.807) is 0 Å². The molecule has 0 saturated carbocycles. The van der Waals surface area contributed by atoms with Gasteiger partial charge in [-0.3, -0.25) is 0 Å². The van der Waals surface area contributed by atoms with Crippen LogP contribution in [-0.2, 0) is 0 Å². The number of nitrogens with one attached hydrogen (secondary N) is 3. The van der Waals surface area contributed by atoms with Gasteiger partial charge >= 0.3 is 0 Å². The molecular formula is C8H23N3. The summed E-state index contributed by atoms with van der Waals surface area (Å²) in [7, 11) is 3.92. The van der Waals surface area contributed by atoms with Crippen LogP contribution in [0.1, 0.15) is 13.8 Å². The minimum atomic E-state index is 1.05. The van der Waals surface area contributed by atoms with Gasteiger partial charge in [0.15, 0.2) is 0 Å². The largest absolute Gasteiger partial charge is 0.318 e. The first-order valence-electron chi connectivity index (χ1n) is 4.41. The minimum absolute atomic E-state index is 1.05. The van der Waals surface area contributed by atoms with Crippen molar-refractivity contribution in [3.63, 3.8) is 0 Å². The monoisotopic (exact) mass is 161 g/mol. The van der Waals surface area contributed by atoms with Crippen LogP contribution in [0, 0.1) is 0 Å². The average molecular weight is 161 g/mol. The zero-order valence-corrected chi connectivity index (χ0v) is 8.33. The molecule has 0 atom stereocenters. The Labute approximate surface area is 70.9 Å². The first kappa shape index (κ1) is 13.5. The lowest BCUT2D eigenvalue weighted by Gasteiger charge is -2.01. The molecule has 0 heterocycles. The molecule has 0 spiro atoms. The van der Waals surface area contributed by atoms with Crippen LogP contribution in [0.15, 0.2) is 0 Å². The van der Waals surface area contributed by atoms with E-state index in [0.717, 1.165) is 26.2 Å². The molecule has 3 heteroatoms. The summed E-state index contributed by atoms with van der Waals surface area (Å²) in [5.74, 6) is 0. The van der Waals surface area contributed by atoms with Gasteiger partial charge in [-0.2, -0.15) is 0 Å². The van der Waals surface area contributed by atoms with E-state index in [4.69, 9.17) is 0 Å². The lowest BCUT2D eigenvalue weighted by molar-refractivity contribution is 0.627. The smallest absolute Gasteiger partial charge is 0.00771 e. The fraction of sp³-hybridized carbons (Fsp3) is 1.00. The van der Waals surface area contributed by atoms with Crippen molar-refractivity contribution in [2.75, 3.05) is 40.3 Å². The van der Waals surface area contributed by atoms with Gasteiger partial charge in [0.05, 0.1) is 0 Å². The minimum Gasteiger partial charge on any atom is -0.318 e. The molecule has 0 bridgehead atoms.